The Morgan fingerprint density at radius 2 is 1.67 bits per heavy atom. The number of benzene rings is 1. The summed E-state index contributed by atoms with van der Waals surface area (Å²) in [5.74, 6) is -0.320. The van der Waals surface area contributed by atoms with Gasteiger partial charge in [0, 0.05) is 26.2 Å². The molecule has 0 spiro atoms. The van der Waals surface area contributed by atoms with Crippen LogP contribution in [0.5, 0.6) is 0 Å². The molecule has 3 amide bonds. The van der Waals surface area contributed by atoms with Gasteiger partial charge in [-0.05, 0) is 12.5 Å². The minimum absolute atomic E-state index is 0.0227. The van der Waals surface area contributed by atoms with Gasteiger partial charge in [0.2, 0.25) is 11.8 Å². The zero-order valence-electron chi connectivity index (χ0n) is 13.9. The lowest BCUT2D eigenvalue weighted by molar-refractivity contribution is -0.134. The summed E-state index contributed by atoms with van der Waals surface area (Å²) < 4.78 is 4.94. The molecule has 0 saturated carbocycles. The van der Waals surface area contributed by atoms with Crippen molar-refractivity contribution in [3.05, 3.63) is 35.9 Å². The number of nitrogens with zero attached hydrogens (tertiary/aromatic N) is 2. The summed E-state index contributed by atoms with van der Waals surface area (Å²) in [6.07, 6.45) is -0.0918. The normalized spacial score (nSPS) is 14.2. The molecule has 0 aromatic heterocycles. The molecule has 0 atom stereocenters. The number of carbonyl (C=O) groups is 3. The SMILES string of the molecule is CCOC(=O)N1CCN(C(=O)CNC(=O)Cc2ccccc2)CC1. The topological polar surface area (TPSA) is 79.0 Å². The number of ether oxygens (including phenoxy) is 1. The molecule has 1 fully saturated rings. The van der Waals surface area contributed by atoms with E-state index in [1.807, 2.05) is 30.3 Å². The number of hydrogen-bond acceptors (Lipinski definition) is 4. The summed E-state index contributed by atoms with van der Waals surface area (Å²) in [6.45, 7) is 3.87. The number of carbonyl (C=O) groups excluding carboxylic acids is 3. The summed E-state index contributed by atoms with van der Waals surface area (Å²) in [5, 5.41) is 2.65. The van der Waals surface area contributed by atoms with Gasteiger partial charge >= 0.3 is 6.09 Å². The molecule has 1 heterocycles. The molecule has 24 heavy (non-hydrogen) atoms. The fourth-order valence-electron chi connectivity index (χ4n) is 2.48. The van der Waals surface area contributed by atoms with Crippen LogP contribution in [0, 0.1) is 0 Å². The molecular formula is C17H23N3O4. The average molecular weight is 333 g/mol. The Labute approximate surface area is 141 Å². The van der Waals surface area contributed by atoms with Crippen molar-refractivity contribution < 1.29 is 19.1 Å². The first kappa shape index (κ1) is 17.8. The Kier molecular flexibility index (Phi) is 6.60. The highest BCUT2D eigenvalue weighted by atomic mass is 16.6. The number of nitrogens with one attached hydrogen (secondary N) is 1. The summed E-state index contributed by atoms with van der Waals surface area (Å²) >= 11 is 0. The van der Waals surface area contributed by atoms with Crippen molar-refractivity contribution in [1.82, 2.24) is 15.1 Å². The minimum Gasteiger partial charge on any atom is -0.450 e. The van der Waals surface area contributed by atoms with Gasteiger partial charge in [0.15, 0.2) is 0 Å². The monoisotopic (exact) mass is 333 g/mol. The molecule has 1 aliphatic rings. The predicted molar refractivity (Wildman–Crippen MR) is 88.3 cm³/mol. The molecule has 1 aromatic rings. The van der Waals surface area contributed by atoms with Gasteiger partial charge in [-0.2, -0.15) is 0 Å². The number of rotatable bonds is 5. The molecule has 0 radical (unpaired) electrons. The van der Waals surface area contributed by atoms with Gasteiger partial charge < -0.3 is 19.9 Å². The fourth-order valence-corrected chi connectivity index (χ4v) is 2.48. The van der Waals surface area contributed by atoms with Gasteiger partial charge in [-0.15, -0.1) is 0 Å². The van der Waals surface area contributed by atoms with Crippen molar-refractivity contribution in [1.29, 1.82) is 0 Å². The highest BCUT2D eigenvalue weighted by Crippen LogP contribution is 2.04. The Morgan fingerprint density at radius 1 is 1.04 bits per heavy atom. The Morgan fingerprint density at radius 3 is 2.29 bits per heavy atom. The molecule has 1 N–H and O–H groups in total. The van der Waals surface area contributed by atoms with Crippen molar-refractivity contribution in [2.75, 3.05) is 39.3 Å². The number of amides is 3. The summed E-state index contributed by atoms with van der Waals surface area (Å²) in [7, 11) is 0. The van der Waals surface area contributed by atoms with Crippen LogP contribution in [-0.4, -0.2) is 67.0 Å². The van der Waals surface area contributed by atoms with Gasteiger partial charge in [0.05, 0.1) is 19.6 Å². The molecule has 1 saturated heterocycles. The molecule has 7 heteroatoms. The minimum atomic E-state index is -0.347. The lowest BCUT2D eigenvalue weighted by atomic mass is 10.1. The van der Waals surface area contributed by atoms with Crippen LogP contribution in [0.15, 0.2) is 30.3 Å². The second kappa shape index (κ2) is 8.90. The molecule has 1 aliphatic heterocycles. The average Bonchev–Trinajstić information content (AvgIpc) is 2.61. The lowest BCUT2D eigenvalue weighted by Crippen LogP contribution is -2.52. The molecule has 2 rings (SSSR count). The van der Waals surface area contributed by atoms with Crippen LogP contribution in [0.4, 0.5) is 4.79 Å². The first-order valence-electron chi connectivity index (χ1n) is 8.10. The van der Waals surface area contributed by atoms with Crippen molar-refractivity contribution in [2.45, 2.75) is 13.3 Å². The van der Waals surface area contributed by atoms with Crippen LogP contribution in [0.3, 0.4) is 0 Å². The number of piperazine rings is 1. The molecular weight excluding hydrogens is 310 g/mol. The Hall–Kier alpha value is -2.57. The van der Waals surface area contributed by atoms with Crippen molar-refractivity contribution >= 4 is 17.9 Å². The third kappa shape index (κ3) is 5.26. The van der Waals surface area contributed by atoms with Crippen LogP contribution in [0.25, 0.3) is 0 Å². The maximum atomic E-state index is 12.1. The van der Waals surface area contributed by atoms with E-state index < -0.39 is 0 Å². The van der Waals surface area contributed by atoms with E-state index in [-0.39, 0.29) is 30.9 Å². The van der Waals surface area contributed by atoms with E-state index in [2.05, 4.69) is 5.32 Å². The van der Waals surface area contributed by atoms with E-state index >= 15 is 0 Å². The Bertz CT molecular complexity index is 568. The van der Waals surface area contributed by atoms with Crippen molar-refractivity contribution in [3.63, 3.8) is 0 Å². The van der Waals surface area contributed by atoms with E-state index in [1.54, 1.807) is 16.7 Å². The summed E-state index contributed by atoms with van der Waals surface area (Å²) in [5.41, 5.74) is 0.908. The van der Waals surface area contributed by atoms with Gasteiger partial charge in [0.1, 0.15) is 0 Å². The molecule has 1 aromatic carbocycles. The molecule has 0 bridgehead atoms. The molecule has 7 nitrogen and oxygen atoms in total. The third-order valence-electron chi connectivity index (χ3n) is 3.80. The smallest absolute Gasteiger partial charge is 0.409 e. The first-order chi connectivity index (χ1) is 11.6. The van der Waals surface area contributed by atoms with E-state index in [1.165, 1.54) is 0 Å². The van der Waals surface area contributed by atoms with Crippen LogP contribution in [0.2, 0.25) is 0 Å². The first-order valence-corrected chi connectivity index (χ1v) is 8.10. The van der Waals surface area contributed by atoms with Gasteiger partial charge in [0.25, 0.3) is 0 Å². The molecule has 0 aliphatic carbocycles. The predicted octanol–water partition coefficient (Wildman–Crippen LogP) is 0.646. The quantitative estimate of drug-likeness (QED) is 0.858. The lowest BCUT2D eigenvalue weighted by Gasteiger charge is -2.34. The highest BCUT2D eigenvalue weighted by molar-refractivity contribution is 5.85. The molecule has 130 valence electrons. The second-order valence-corrected chi connectivity index (χ2v) is 5.51. The van der Waals surface area contributed by atoms with Crippen molar-refractivity contribution in [2.24, 2.45) is 0 Å². The highest BCUT2D eigenvalue weighted by Gasteiger charge is 2.24. The third-order valence-corrected chi connectivity index (χ3v) is 3.80. The standard InChI is InChI=1S/C17H23N3O4/c1-2-24-17(23)20-10-8-19(9-11-20)16(22)13-18-15(21)12-14-6-4-3-5-7-14/h3-7H,2,8-13H2,1H3,(H,18,21). The van der Waals surface area contributed by atoms with Crippen LogP contribution < -0.4 is 5.32 Å². The summed E-state index contributed by atoms with van der Waals surface area (Å²) in [6, 6.07) is 9.38. The maximum Gasteiger partial charge on any atom is 0.409 e. The van der Waals surface area contributed by atoms with Crippen molar-refractivity contribution in [3.8, 4) is 0 Å². The zero-order valence-corrected chi connectivity index (χ0v) is 13.9. The van der Waals surface area contributed by atoms with Crippen LogP contribution in [-0.2, 0) is 20.7 Å². The Balaban J connectivity index is 1.70. The largest absolute Gasteiger partial charge is 0.450 e. The van der Waals surface area contributed by atoms with Gasteiger partial charge in [-0.1, -0.05) is 30.3 Å². The van der Waals surface area contributed by atoms with E-state index in [0.717, 1.165) is 5.56 Å². The summed E-state index contributed by atoms with van der Waals surface area (Å²) in [4.78, 5) is 38.8. The zero-order chi connectivity index (χ0) is 17.4. The molecule has 0 unspecified atom stereocenters. The number of hydrogen-bond donors (Lipinski definition) is 1. The van der Waals surface area contributed by atoms with E-state index in [0.29, 0.717) is 32.8 Å². The van der Waals surface area contributed by atoms with Gasteiger partial charge in [-0.3, -0.25) is 9.59 Å². The maximum absolute atomic E-state index is 12.1. The second-order valence-electron chi connectivity index (χ2n) is 5.51. The van der Waals surface area contributed by atoms with Crippen LogP contribution in [0.1, 0.15) is 12.5 Å². The fraction of sp³-hybridized carbons (Fsp3) is 0.471. The van der Waals surface area contributed by atoms with Gasteiger partial charge in [-0.25, -0.2) is 4.79 Å². The van der Waals surface area contributed by atoms with E-state index in [4.69, 9.17) is 4.74 Å². The van der Waals surface area contributed by atoms with E-state index in [9.17, 15) is 14.4 Å². The van der Waals surface area contributed by atoms with Crippen LogP contribution >= 0.6 is 0 Å².